The molecule has 2 aromatic heterocycles. The number of aliphatic hydroxyl groups is 1. The number of alkyl halides is 3. The lowest BCUT2D eigenvalue weighted by molar-refractivity contribution is -0.691. The first kappa shape index (κ1) is 15.9. The van der Waals surface area contributed by atoms with E-state index in [0.29, 0.717) is 13.0 Å². The maximum atomic E-state index is 12.5. The average molecular weight is 317 g/mol. The Balaban J connectivity index is 2.18. The van der Waals surface area contributed by atoms with Crippen molar-refractivity contribution in [1.29, 1.82) is 0 Å². The van der Waals surface area contributed by atoms with Crippen LogP contribution in [-0.4, -0.2) is 16.7 Å². The van der Waals surface area contributed by atoms with Gasteiger partial charge in [-0.25, -0.2) is 0 Å². The lowest BCUT2D eigenvalue weighted by Crippen LogP contribution is -2.36. The number of aromatic nitrogens is 2. The Labute approximate surface area is 124 Å². The molecule has 7 heteroatoms. The van der Waals surface area contributed by atoms with Crippen LogP contribution < -0.4 is 4.57 Å². The molecule has 0 aromatic carbocycles. The smallest absolute Gasteiger partial charge is 0.396 e. The van der Waals surface area contributed by atoms with E-state index in [9.17, 15) is 13.2 Å². The van der Waals surface area contributed by atoms with Gasteiger partial charge in [0.2, 0.25) is 5.51 Å². The minimum atomic E-state index is -4.41. The van der Waals surface area contributed by atoms with Gasteiger partial charge in [0, 0.05) is 31.2 Å². The van der Waals surface area contributed by atoms with Crippen molar-refractivity contribution in [3.8, 4) is 0 Å². The molecule has 0 fully saturated rings. The Morgan fingerprint density at radius 2 is 2.10 bits per heavy atom. The second kappa shape index (κ2) is 6.53. The molecule has 0 radical (unpaired) electrons. The fraction of sp³-hybridized carbons (Fsp3) is 0.429. The topological polar surface area (TPSA) is 37.0 Å². The van der Waals surface area contributed by atoms with Gasteiger partial charge in [-0.15, -0.1) is 0 Å². The van der Waals surface area contributed by atoms with Crippen molar-refractivity contribution in [3.05, 3.63) is 45.7 Å². The van der Waals surface area contributed by atoms with Gasteiger partial charge in [0.05, 0.1) is 4.88 Å². The van der Waals surface area contributed by atoms with E-state index in [0.717, 1.165) is 28.6 Å². The Morgan fingerprint density at radius 3 is 2.62 bits per heavy atom. The highest BCUT2D eigenvalue weighted by Crippen LogP contribution is 2.27. The lowest BCUT2D eigenvalue weighted by Gasteiger charge is -2.05. The Kier molecular flexibility index (Phi) is 4.95. The van der Waals surface area contributed by atoms with Gasteiger partial charge < -0.3 is 5.11 Å². The molecule has 2 aromatic rings. The molecular weight excluding hydrogens is 301 g/mol. The third kappa shape index (κ3) is 3.79. The molecule has 1 N–H and O–H groups in total. The number of halogens is 3. The highest BCUT2D eigenvalue weighted by atomic mass is 32.1. The molecule has 0 atom stereocenters. The molecule has 0 saturated heterocycles. The van der Waals surface area contributed by atoms with Crippen molar-refractivity contribution in [1.82, 2.24) is 4.98 Å². The van der Waals surface area contributed by atoms with Crippen molar-refractivity contribution in [2.45, 2.75) is 32.5 Å². The summed E-state index contributed by atoms with van der Waals surface area (Å²) in [6, 6.07) is 2.45. The Hall–Kier alpha value is -1.47. The van der Waals surface area contributed by atoms with Crippen LogP contribution in [0.25, 0.3) is 0 Å². The van der Waals surface area contributed by atoms with Crippen LogP contribution in [0.4, 0.5) is 13.2 Å². The van der Waals surface area contributed by atoms with Crippen molar-refractivity contribution in [2.24, 2.45) is 0 Å². The van der Waals surface area contributed by atoms with Crippen LogP contribution in [0.15, 0.2) is 23.8 Å². The largest absolute Gasteiger partial charge is 0.433 e. The average Bonchev–Trinajstić information content (AvgIpc) is 2.81. The van der Waals surface area contributed by atoms with E-state index in [-0.39, 0.29) is 6.61 Å². The molecule has 2 heterocycles. The van der Waals surface area contributed by atoms with Crippen LogP contribution in [0.2, 0.25) is 0 Å². The third-order valence-electron chi connectivity index (χ3n) is 3.13. The van der Waals surface area contributed by atoms with E-state index in [1.165, 1.54) is 12.3 Å². The quantitative estimate of drug-likeness (QED) is 0.861. The van der Waals surface area contributed by atoms with Gasteiger partial charge in [0.1, 0.15) is 5.69 Å². The molecule has 2 rings (SSSR count). The van der Waals surface area contributed by atoms with Gasteiger partial charge in [-0.1, -0.05) is 18.3 Å². The zero-order valence-electron chi connectivity index (χ0n) is 11.5. The molecule has 3 nitrogen and oxygen atoms in total. The molecule has 0 unspecified atom stereocenters. The van der Waals surface area contributed by atoms with Crippen LogP contribution in [-0.2, 0) is 25.6 Å². The van der Waals surface area contributed by atoms with E-state index in [1.807, 2.05) is 17.0 Å². The van der Waals surface area contributed by atoms with Gasteiger partial charge in [-0.2, -0.15) is 17.7 Å². The Morgan fingerprint density at radius 1 is 1.33 bits per heavy atom. The molecule has 21 heavy (non-hydrogen) atoms. The number of hydrogen-bond donors (Lipinski definition) is 1. The maximum absolute atomic E-state index is 12.5. The molecule has 114 valence electrons. The summed E-state index contributed by atoms with van der Waals surface area (Å²) in [5.41, 5.74) is 2.88. The minimum absolute atomic E-state index is 0.0926. The third-order valence-corrected chi connectivity index (χ3v) is 4.22. The summed E-state index contributed by atoms with van der Waals surface area (Å²) in [4.78, 5) is 4.58. The van der Waals surface area contributed by atoms with E-state index >= 15 is 0 Å². The molecular formula is C14H16F3N2OS+. The molecule has 0 amide bonds. The van der Waals surface area contributed by atoms with Crippen molar-refractivity contribution >= 4 is 11.3 Å². The van der Waals surface area contributed by atoms with Gasteiger partial charge in [0.25, 0.3) is 0 Å². The number of hydrogen-bond acceptors (Lipinski definition) is 3. The van der Waals surface area contributed by atoms with Crippen LogP contribution in [0.1, 0.15) is 28.8 Å². The lowest BCUT2D eigenvalue weighted by atomic mass is 10.2. The van der Waals surface area contributed by atoms with E-state index in [1.54, 1.807) is 11.3 Å². The van der Waals surface area contributed by atoms with E-state index in [4.69, 9.17) is 5.11 Å². The van der Waals surface area contributed by atoms with Gasteiger partial charge in [-0.3, -0.25) is 4.98 Å². The molecule has 0 saturated carbocycles. The fourth-order valence-corrected chi connectivity index (χ4v) is 3.20. The van der Waals surface area contributed by atoms with Gasteiger partial charge >= 0.3 is 6.18 Å². The zero-order valence-corrected chi connectivity index (χ0v) is 12.3. The molecule has 0 spiro atoms. The zero-order chi connectivity index (χ0) is 15.5. The van der Waals surface area contributed by atoms with Crippen LogP contribution in [0, 0.1) is 0 Å². The summed E-state index contributed by atoms with van der Waals surface area (Å²) in [7, 11) is 0. The first-order valence-corrected chi connectivity index (χ1v) is 7.45. The number of pyridine rings is 1. The van der Waals surface area contributed by atoms with Crippen LogP contribution in [0.3, 0.4) is 0 Å². The molecule has 0 aliphatic heterocycles. The second-order valence-corrected chi connectivity index (χ2v) is 5.54. The minimum Gasteiger partial charge on any atom is -0.396 e. The summed E-state index contributed by atoms with van der Waals surface area (Å²) >= 11 is 1.55. The predicted octanol–water partition coefficient (Wildman–Crippen LogP) is 2.59. The highest BCUT2D eigenvalue weighted by molar-refractivity contribution is 7.09. The SMILES string of the molecule is CCc1c(CCO)sc[n+]1Cc1ccc(C(F)(F)F)nc1. The fourth-order valence-electron chi connectivity index (χ4n) is 2.14. The number of nitrogens with zero attached hydrogens (tertiary/aromatic N) is 2. The molecule has 0 bridgehead atoms. The van der Waals surface area contributed by atoms with Crippen LogP contribution >= 0.6 is 11.3 Å². The first-order chi connectivity index (χ1) is 9.95. The number of thiazole rings is 1. The van der Waals surface area contributed by atoms with Crippen molar-refractivity contribution in [3.63, 3.8) is 0 Å². The van der Waals surface area contributed by atoms with E-state index < -0.39 is 11.9 Å². The van der Waals surface area contributed by atoms with Crippen LogP contribution in [0.5, 0.6) is 0 Å². The summed E-state index contributed by atoms with van der Waals surface area (Å²) in [5.74, 6) is 0. The number of aliphatic hydroxyl groups excluding tert-OH is 1. The summed E-state index contributed by atoms with van der Waals surface area (Å²) in [6.07, 6.45) is -1.73. The normalized spacial score (nSPS) is 11.9. The first-order valence-electron chi connectivity index (χ1n) is 6.57. The van der Waals surface area contributed by atoms with E-state index in [2.05, 4.69) is 4.98 Å². The molecule has 0 aliphatic rings. The van der Waals surface area contributed by atoms with Gasteiger partial charge in [0.15, 0.2) is 12.2 Å². The summed E-state index contributed by atoms with van der Waals surface area (Å²) < 4.78 is 39.4. The van der Waals surface area contributed by atoms with Crippen molar-refractivity contribution < 1.29 is 22.8 Å². The molecule has 0 aliphatic carbocycles. The van der Waals surface area contributed by atoms with Crippen molar-refractivity contribution in [2.75, 3.05) is 6.61 Å². The summed E-state index contributed by atoms with van der Waals surface area (Å²) in [6.45, 7) is 2.59. The number of rotatable bonds is 5. The predicted molar refractivity (Wildman–Crippen MR) is 73.0 cm³/mol. The Bertz CT molecular complexity index is 593. The monoisotopic (exact) mass is 317 g/mol. The maximum Gasteiger partial charge on any atom is 0.433 e. The highest BCUT2D eigenvalue weighted by Gasteiger charge is 2.32. The van der Waals surface area contributed by atoms with Gasteiger partial charge in [-0.05, 0) is 12.1 Å². The standard InChI is InChI=1S/C14H16F3N2OS/c1-2-11-12(5-6-20)21-9-19(11)8-10-3-4-13(18-7-10)14(15,16)17/h3-4,7,9,20H,2,5-6,8H2,1H3/q+1. The second-order valence-electron chi connectivity index (χ2n) is 4.60. The summed E-state index contributed by atoms with van der Waals surface area (Å²) in [5, 5.41) is 9.03.